The maximum absolute atomic E-state index is 13.2. The van der Waals surface area contributed by atoms with E-state index in [2.05, 4.69) is 10.0 Å². The average molecular weight is 482 g/mol. The summed E-state index contributed by atoms with van der Waals surface area (Å²) in [5.74, 6) is -2.20. The highest BCUT2D eigenvalue weighted by atomic mass is 32.2. The van der Waals surface area contributed by atoms with Gasteiger partial charge in [-0.2, -0.15) is 0 Å². The molecule has 0 spiro atoms. The SMILES string of the molecule is CCOC(=O)c1oc2ccccc2c1NC(=O)c1ccccc1NS(=O)(=O)c1ccc(F)cc1. The van der Waals surface area contributed by atoms with Crippen molar-refractivity contribution in [3.05, 3.63) is 89.9 Å². The van der Waals surface area contributed by atoms with E-state index in [4.69, 9.17) is 9.15 Å². The van der Waals surface area contributed by atoms with Crippen LogP contribution >= 0.6 is 0 Å². The molecule has 2 N–H and O–H groups in total. The van der Waals surface area contributed by atoms with Crippen molar-refractivity contribution in [2.75, 3.05) is 16.6 Å². The maximum Gasteiger partial charge on any atom is 0.376 e. The highest BCUT2D eigenvalue weighted by molar-refractivity contribution is 7.92. The first kappa shape index (κ1) is 23.0. The predicted octanol–water partition coefficient (Wildman–Crippen LogP) is 4.80. The normalized spacial score (nSPS) is 11.2. The molecule has 0 unspecified atom stereocenters. The van der Waals surface area contributed by atoms with Gasteiger partial charge in [0.05, 0.1) is 22.8 Å². The molecule has 0 bridgehead atoms. The largest absolute Gasteiger partial charge is 0.460 e. The lowest BCUT2D eigenvalue weighted by molar-refractivity contribution is 0.0494. The zero-order valence-electron chi connectivity index (χ0n) is 17.9. The molecule has 0 saturated carbocycles. The van der Waals surface area contributed by atoms with Crippen molar-refractivity contribution < 1.29 is 31.6 Å². The minimum absolute atomic E-state index is 0.00481. The molecule has 1 aromatic heterocycles. The first-order valence-electron chi connectivity index (χ1n) is 10.2. The first-order valence-corrected chi connectivity index (χ1v) is 11.7. The molecule has 10 heteroatoms. The molecule has 0 fully saturated rings. The van der Waals surface area contributed by atoms with Crippen LogP contribution in [0.5, 0.6) is 0 Å². The molecule has 0 aliphatic carbocycles. The number of anilines is 2. The predicted molar refractivity (Wildman–Crippen MR) is 124 cm³/mol. The van der Waals surface area contributed by atoms with Gasteiger partial charge < -0.3 is 14.5 Å². The van der Waals surface area contributed by atoms with Crippen LogP contribution in [0, 0.1) is 5.82 Å². The Morgan fingerprint density at radius 1 is 0.971 bits per heavy atom. The van der Waals surface area contributed by atoms with Gasteiger partial charge >= 0.3 is 5.97 Å². The standard InChI is InChI=1S/C24H19FN2O6S/c1-2-32-24(29)22-21(18-8-4-6-10-20(18)33-22)26-23(28)17-7-3-5-9-19(17)27-34(30,31)16-13-11-15(25)12-14-16/h3-14,27H,2H2,1H3,(H,26,28). The topological polar surface area (TPSA) is 115 Å². The van der Waals surface area contributed by atoms with Gasteiger partial charge in [-0.3, -0.25) is 9.52 Å². The lowest BCUT2D eigenvalue weighted by atomic mass is 10.1. The van der Waals surface area contributed by atoms with Crippen LogP contribution in [-0.2, 0) is 14.8 Å². The smallest absolute Gasteiger partial charge is 0.376 e. The van der Waals surface area contributed by atoms with E-state index < -0.39 is 27.7 Å². The minimum atomic E-state index is -4.10. The second kappa shape index (κ2) is 9.36. The number of para-hydroxylation sites is 2. The van der Waals surface area contributed by atoms with Crippen LogP contribution in [0.25, 0.3) is 11.0 Å². The second-order valence-corrected chi connectivity index (χ2v) is 8.76. The van der Waals surface area contributed by atoms with Crippen molar-refractivity contribution in [1.82, 2.24) is 0 Å². The molecule has 1 heterocycles. The monoisotopic (exact) mass is 482 g/mol. The van der Waals surface area contributed by atoms with E-state index in [0.717, 1.165) is 24.3 Å². The quantitative estimate of drug-likeness (QED) is 0.366. The van der Waals surface area contributed by atoms with E-state index >= 15 is 0 Å². The number of rotatable bonds is 7. The molecular formula is C24H19FN2O6S. The first-order chi connectivity index (χ1) is 16.3. The zero-order chi connectivity index (χ0) is 24.3. The zero-order valence-corrected chi connectivity index (χ0v) is 18.7. The summed E-state index contributed by atoms with van der Waals surface area (Å²) in [6, 6.07) is 17.0. The summed E-state index contributed by atoms with van der Waals surface area (Å²) in [5, 5.41) is 3.12. The number of nitrogens with one attached hydrogen (secondary N) is 2. The molecular weight excluding hydrogens is 463 g/mol. The van der Waals surface area contributed by atoms with Crippen LogP contribution < -0.4 is 10.0 Å². The van der Waals surface area contributed by atoms with E-state index in [9.17, 15) is 22.4 Å². The maximum atomic E-state index is 13.2. The van der Waals surface area contributed by atoms with Crippen LogP contribution in [0.2, 0.25) is 0 Å². The number of fused-ring (bicyclic) bond motifs is 1. The van der Waals surface area contributed by atoms with Crippen molar-refractivity contribution in [1.29, 1.82) is 0 Å². The van der Waals surface area contributed by atoms with Crippen molar-refractivity contribution in [3.63, 3.8) is 0 Å². The fraction of sp³-hybridized carbons (Fsp3) is 0.0833. The van der Waals surface area contributed by atoms with Gasteiger partial charge in [-0.15, -0.1) is 0 Å². The summed E-state index contributed by atoms with van der Waals surface area (Å²) < 4.78 is 51.7. The summed E-state index contributed by atoms with van der Waals surface area (Å²) in [4.78, 5) is 25.4. The number of halogens is 1. The average Bonchev–Trinajstić information content (AvgIpc) is 3.18. The van der Waals surface area contributed by atoms with Crippen LogP contribution in [-0.4, -0.2) is 26.9 Å². The second-order valence-electron chi connectivity index (χ2n) is 7.08. The summed E-state index contributed by atoms with van der Waals surface area (Å²) in [7, 11) is -4.10. The molecule has 8 nitrogen and oxygen atoms in total. The van der Waals surface area contributed by atoms with Crippen LogP contribution in [0.3, 0.4) is 0 Å². The van der Waals surface area contributed by atoms with Crippen molar-refractivity contribution in [2.24, 2.45) is 0 Å². The number of ether oxygens (including phenoxy) is 1. The molecule has 4 aromatic rings. The number of hydrogen-bond acceptors (Lipinski definition) is 6. The number of furan rings is 1. The molecule has 0 aliphatic rings. The minimum Gasteiger partial charge on any atom is -0.460 e. The molecule has 0 atom stereocenters. The Labute approximate surface area is 194 Å². The Balaban J connectivity index is 1.68. The molecule has 0 radical (unpaired) electrons. The fourth-order valence-electron chi connectivity index (χ4n) is 3.28. The van der Waals surface area contributed by atoms with Gasteiger partial charge in [-0.25, -0.2) is 17.6 Å². The van der Waals surface area contributed by atoms with Crippen LogP contribution in [0.4, 0.5) is 15.8 Å². The Hall–Kier alpha value is -4.18. The Morgan fingerprint density at radius 2 is 1.65 bits per heavy atom. The van der Waals surface area contributed by atoms with Gasteiger partial charge in [-0.1, -0.05) is 24.3 Å². The van der Waals surface area contributed by atoms with E-state index in [0.29, 0.717) is 11.0 Å². The van der Waals surface area contributed by atoms with Crippen molar-refractivity contribution >= 4 is 44.2 Å². The van der Waals surface area contributed by atoms with Gasteiger partial charge in [0, 0.05) is 5.39 Å². The molecule has 3 aromatic carbocycles. The molecule has 174 valence electrons. The van der Waals surface area contributed by atoms with Gasteiger partial charge in [-0.05, 0) is 55.5 Å². The van der Waals surface area contributed by atoms with E-state index in [1.165, 1.54) is 12.1 Å². The third-order valence-electron chi connectivity index (χ3n) is 4.83. The van der Waals surface area contributed by atoms with Crippen molar-refractivity contribution in [2.45, 2.75) is 11.8 Å². The number of esters is 1. The summed E-state index contributed by atoms with van der Waals surface area (Å²) in [6.45, 7) is 1.75. The van der Waals surface area contributed by atoms with Gasteiger partial charge in [0.1, 0.15) is 17.1 Å². The number of carbonyl (C=O) groups is 2. The molecule has 34 heavy (non-hydrogen) atoms. The van der Waals surface area contributed by atoms with Gasteiger partial charge in [0.15, 0.2) is 0 Å². The third kappa shape index (κ3) is 4.62. The fourth-order valence-corrected chi connectivity index (χ4v) is 4.36. The molecule has 4 rings (SSSR count). The van der Waals surface area contributed by atoms with E-state index in [1.54, 1.807) is 43.3 Å². The van der Waals surface area contributed by atoms with Gasteiger partial charge in [0.2, 0.25) is 5.76 Å². The van der Waals surface area contributed by atoms with E-state index in [-0.39, 0.29) is 34.2 Å². The third-order valence-corrected chi connectivity index (χ3v) is 6.22. The lowest BCUT2D eigenvalue weighted by Crippen LogP contribution is -2.19. The summed E-state index contributed by atoms with van der Waals surface area (Å²) in [5.41, 5.74) is 0.462. The highest BCUT2D eigenvalue weighted by Gasteiger charge is 2.25. The molecule has 0 aliphatic heterocycles. The lowest BCUT2D eigenvalue weighted by Gasteiger charge is -2.13. The van der Waals surface area contributed by atoms with Crippen LogP contribution in [0.1, 0.15) is 27.8 Å². The summed E-state index contributed by atoms with van der Waals surface area (Å²) >= 11 is 0. The number of carbonyl (C=O) groups excluding carboxylic acids is 2. The summed E-state index contributed by atoms with van der Waals surface area (Å²) in [6.07, 6.45) is 0. The number of benzene rings is 3. The molecule has 1 amide bonds. The molecule has 0 saturated heterocycles. The number of hydrogen-bond donors (Lipinski definition) is 2. The number of amides is 1. The van der Waals surface area contributed by atoms with Gasteiger partial charge in [0.25, 0.3) is 15.9 Å². The van der Waals surface area contributed by atoms with E-state index in [1.807, 2.05) is 0 Å². The van der Waals surface area contributed by atoms with Crippen molar-refractivity contribution in [3.8, 4) is 0 Å². The Bertz CT molecular complexity index is 1480. The number of sulfonamides is 1. The Kier molecular flexibility index (Phi) is 6.33. The van der Waals surface area contributed by atoms with Crippen LogP contribution in [0.15, 0.2) is 82.1 Å². The Morgan fingerprint density at radius 3 is 2.38 bits per heavy atom. The highest BCUT2D eigenvalue weighted by Crippen LogP contribution is 2.32.